The maximum absolute atomic E-state index is 13.2. The number of hydrogen-bond donors (Lipinski definition) is 1. The number of aryl methyl sites for hydroxylation is 2. The van der Waals surface area contributed by atoms with E-state index < -0.39 is 6.04 Å². The third kappa shape index (κ3) is 8.34. The van der Waals surface area contributed by atoms with E-state index >= 15 is 0 Å². The van der Waals surface area contributed by atoms with Gasteiger partial charge in [-0.1, -0.05) is 72.4 Å². The van der Waals surface area contributed by atoms with E-state index in [1.165, 1.54) is 16.7 Å². The number of carbonyl (C=O) groups excluding carboxylic acids is 2. The zero-order valence-electron chi connectivity index (χ0n) is 19.4. The zero-order chi connectivity index (χ0) is 23.8. The van der Waals surface area contributed by atoms with Crippen LogP contribution in [0.15, 0.2) is 36.4 Å². The van der Waals surface area contributed by atoms with Crippen LogP contribution in [-0.2, 0) is 21.9 Å². The van der Waals surface area contributed by atoms with E-state index in [1.54, 1.807) is 41.8 Å². The number of halogens is 2. The molecule has 2 amide bonds. The molecule has 0 saturated carbocycles. The molecule has 0 fully saturated rings. The van der Waals surface area contributed by atoms with Crippen molar-refractivity contribution >= 4 is 46.8 Å². The molecule has 0 aliphatic rings. The minimum absolute atomic E-state index is 0.0995. The number of carbonyl (C=O) groups is 2. The van der Waals surface area contributed by atoms with Crippen molar-refractivity contribution in [1.29, 1.82) is 0 Å². The average molecular weight is 496 g/mol. The molecule has 0 bridgehead atoms. The Morgan fingerprint density at radius 3 is 2.28 bits per heavy atom. The van der Waals surface area contributed by atoms with Crippen molar-refractivity contribution in [2.75, 3.05) is 12.3 Å². The number of thioether (sulfide) groups is 1. The molecule has 1 N–H and O–H groups in total. The third-order valence-electron chi connectivity index (χ3n) is 4.98. The van der Waals surface area contributed by atoms with Gasteiger partial charge in [-0.2, -0.15) is 0 Å². The van der Waals surface area contributed by atoms with E-state index in [9.17, 15) is 9.59 Å². The summed E-state index contributed by atoms with van der Waals surface area (Å²) in [5.41, 5.74) is 4.37. The van der Waals surface area contributed by atoms with Gasteiger partial charge in [-0.25, -0.2) is 0 Å². The van der Waals surface area contributed by atoms with Crippen LogP contribution in [0.1, 0.15) is 43.0 Å². The zero-order valence-corrected chi connectivity index (χ0v) is 21.7. The first-order chi connectivity index (χ1) is 15.1. The Labute approximate surface area is 206 Å². The van der Waals surface area contributed by atoms with Crippen LogP contribution in [0.2, 0.25) is 10.0 Å². The van der Waals surface area contributed by atoms with Crippen LogP contribution in [0.25, 0.3) is 0 Å². The van der Waals surface area contributed by atoms with Gasteiger partial charge < -0.3 is 10.2 Å². The molecule has 7 heteroatoms. The molecule has 32 heavy (non-hydrogen) atoms. The molecule has 0 aliphatic heterocycles. The Kier molecular flexibility index (Phi) is 10.4. The molecule has 4 nitrogen and oxygen atoms in total. The lowest BCUT2D eigenvalue weighted by Crippen LogP contribution is -2.48. The molecule has 2 aromatic rings. The maximum Gasteiger partial charge on any atom is 0.242 e. The largest absolute Gasteiger partial charge is 0.354 e. The van der Waals surface area contributed by atoms with Crippen molar-refractivity contribution in [3.8, 4) is 0 Å². The van der Waals surface area contributed by atoms with Gasteiger partial charge in [0.1, 0.15) is 6.04 Å². The van der Waals surface area contributed by atoms with Crippen LogP contribution in [0, 0.1) is 19.8 Å². The molecule has 2 rings (SSSR count). The summed E-state index contributed by atoms with van der Waals surface area (Å²) in [7, 11) is 0. The molecule has 0 saturated heterocycles. The lowest BCUT2D eigenvalue weighted by Gasteiger charge is -2.29. The van der Waals surface area contributed by atoms with E-state index in [4.69, 9.17) is 23.2 Å². The van der Waals surface area contributed by atoms with Crippen LogP contribution in [0.4, 0.5) is 0 Å². The number of rotatable bonds is 10. The van der Waals surface area contributed by atoms with Gasteiger partial charge in [0.05, 0.1) is 5.75 Å². The van der Waals surface area contributed by atoms with E-state index in [0.717, 1.165) is 11.3 Å². The summed E-state index contributed by atoms with van der Waals surface area (Å²) in [6.45, 7) is 10.8. The highest BCUT2D eigenvalue weighted by atomic mass is 35.5. The van der Waals surface area contributed by atoms with E-state index in [1.807, 2.05) is 13.8 Å². The summed E-state index contributed by atoms with van der Waals surface area (Å²) < 4.78 is 0. The predicted molar refractivity (Wildman–Crippen MR) is 136 cm³/mol. The Bertz CT molecular complexity index is 929. The minimum atomic E-state index is -0.616. The highest BCUT2D eigenvalue weighted by Gasteiger charge is 2.26. The lowest BCUT2D eigenvalue weighted by molar-refractivity contribution is -0.138. The van der Waals surface area contributed by atoms with Gasteiger partial charge in [0.15, 0.2) is 0 Å². The second-order valence-electron chi connectivity index (χ2n) is 8.56. The van der Waals surface area contributed by atoms with Crippen LogP contribution >= 0.6 is 35.0 Å². The Morgan fingerprint density at radius 1 is 1.03 bits per heavy atom. The number of benzene rings is 2. The van der Waals surface area contributed by atoms with Gasteiger partial charge in [0.2, 0.25) is 11.8 Å². The summed E-state index contributed by atoms with van der Waals surface area (Å²) >= 11 is 13.9. The standard InChI is InChI=1S/C25H32Cl2N2O2S/c1-16(2)12-28-25(31)19(5)29(13-21-6-7-22(26)11-23(21)27)24(30)15-32-14-20-9-17(3)8-18(4)10-20/h6-11,16,19H,12-15H2,1-5H3,(H,28,31)/t19-/m1/s1. The Hall–Kier alpha value is -1.69. The first kappa shape index (κ1) is 26.6. The minimum Gasteiger partial charge on any atom is -0.354 e. The fourth-order valence-corrected chi connectivity index (χ4v) is 4.67. The van der Waals surface area contributed by atoms with Gasteiger partial charge >= 0.3 is 0 Å². The van der Waals surface area contributed by atoms with Gasteiger partial charge in [-0.15, -0.1) is 11.8 Å². The fraction of sp³-hybridized carbons (Fsp3) is 0.440. The summed E-state index contributed by atoms with van der Waals surface area (Å²) in [5, 5.41) is 3.94. The monoisotopic (exact) mass is 494 g/mol. The summed E-state index contributed by atoms with van der Waals surface area (Å²) in [6.07, 6.45) is 0. The number of nitrogens with one attached hydrogen (secondary N) is 1. The van der Waals surface area contributed by atoms with E-state index in [-0.39, 0.29) is 24.1 Å². The molecule has 174 valence electrons. The van der Waals surface area contributed by atoms with Crippen molar-refractivity contribution in [3.63, 3.8) is 0 Å². The first-order valence-electron chi connectivity index (χ1n) is 10.7. The van der Waals surface area contributed by atoms with Crippen LogP contribution < -0.4 is 5.32 Å². The summed E-state index contributed by atoms with van der Waals surface area (Å²) in [6, 6.07) is 11.0. The highest BCUT2D eigenvalue weighted by molar-refractivity contribution is 7.99. The lowest BCUT2D eigenvalue weighted by atomic mass is 10.1. The normalized spacial score (nSPS) is 12.0. The number of nitrogens with zero attached hydrogens (tertiary/aromatic N) is 1. The van der Waals surface area contributed by atoms with Crippen molar-refractivity contribution < 1.29 is 9.59 Å². The molecular formula is C25H32Cl2N2O2S. The molecule has 0 aliphatic carbocycles. The van der Waals surface area contributed by atoms with Crippen LogP contribution in [0.3, 0.4) is 0 Å². The van der Waals surface area contributed by atoms with Gasteiger partial charge in [0, 0.05) is 28.9 Å². The number of amides is 2. The van der Waals surface area contributed by atoms with Gasteiger partial charge in [-0.3, -0.25) is 9.59 Å². The predicted octanol–water partition coefficient (Wildman–Crippen LogP) is 6.03. The van der Waals surface area contributed by atoms with Gasteiger partial charge in [-0.05, 0) is 49.9 Å². The number of hydrogen-bond acceptors (Lipinski definition) is 3. The Balaban J connectivity index is 2.12. The van der Waals surface area contributed by atoms with Gasteiger partial charge in [0.25, 0.3) is 0 Å². The molecule has 0 aromatic heterocycles. The molecule has 2 aromatic carbocycles. The molecule has 0 radical (unpaired) electrons. The second kappa shape index (κ2) is 12.5. The molecule has 0 spiro atoms. The highest BCUT2D eigenvalue weighted by Crippen LogP contribution is 2.24. The van der Waals surface area contributed by atoms with Crippen molar-refractivity contribution in [3.05, 3.63) is 68.7 Å². The van der Waals surface area contributed by atoms with E-state index in [0.29, 0.717) is 22.5 Å². The smallest absolute Gasteiger partial charge is 0.242 e. The quantitative estimate of drug-likeness (QED) is 0.438. The van der Waals surface area contributed by atoms with Crippen LogP contribution in [0.5, 0.6) is 0 Å². The first-order valence-corrected chi connectivity index (χ1v) is 12.6. The van der Waals surface area contributed by atoms with Crippen molar-refractivity contribution in [2.24, 2.45) is 5.92 Å². The molecular weight excluding hydrogens is 463 g/mol. The summed E-state index contributed by atoms with van der Waals surface area (Å²) in [5.74, 6) is 1.07. The third-order valence-corrected chi connectivity index (χ3v) is 6.56. The summed E-state index contributed by atoms with van der Waals surface area (Å²) in [4.78, 5) is 27.5. The van der Waals surface area contributed by atoms with Crippen molar-refractivity contribution in [1.82, 2.24) is 10.2 Å². The van der Waals surface area contributed by atoms with Crippen molar-refractivity contribution in [2.45, 2.75) is 53.0 Å². The topological polar surface area (TPSA) is 49.4 Å². The fourth-order valence-electron chi connectivity index (χ4n) is 3.36. The molecule has 0 unspecified atom stereocenters. The van der Waals surface area contributed by atoms with Crippen LogP contribution in [-0.4, -0.2) is 35.1 Å². The SMILES string of the molecule is Cc1cc(C)cc(CSCC(=O)N(Cc2ccc(Cl)cc2Cl)[C@H](C)C(=O)NCC(C)C)c1. The Morgan fingerprint density at radius 2 is 1.69 bits per heavy atom. The molecule has 1 atom stereocenters. The second-order valence-corrected chi connectivity index (χ2v) is 10.4. The van der Waals surface area contributed by atoms with E-state index in [2.05, 4.69) is 37.4 Å². The average Bonchev–Trinajstić information content (AvgIpc) is 2.70. The molecule has 0 heterocycles. The maximum atomic E-state index is 13.2.